The summed E-state index contributed by atoms with van der Waals surface area (Å²) in [4.78, 5) is 13.3. The van der Waals surface area contributed by atoms with Crippen LogP contribution in [0.4, 0.5) is 0 Å². The predicted octanol–water partition coefficient (Wildman–Crippen LogP) is 4.70. The third kappa shape index (κ3) is 3.67. The van der Waals surface area contributed by atoms with Crippen LogP contribution in [0.1, 0.15) is 17.0 Å². The van der Waals surface area contributed by atoms with Crippen LogP contribution in [0.3, 0.4) is 0 Å². The molecule has 2 heterocycles. The van der Waals surface area contributed by atoms with E-state index in [2.05, 4.69) is 6.07 Å². The minimum atomic E-state index is -0.819. The van der Waals surface area contributed by atoms with E-state index in [1.807, 2.05) is 30.3 Å². The van der Waals surface area contributed by atoms with Crippen molar-refractivity contribution in [1.82, 2.24) is 0 Å². The summed E-state index contributed by atoms with van der Waals surface area (Å²) in [5.74, 6) is 1.19. The first-order valence-corrected chi connectivity index (χ1v) is 11.0. The minimum Gasteiger partial charge on any atom is -0.497 e. The Bertz CT molecular complexity index is 1630. The topological polar surface area (TPSA) is 117 Å². The summed E-state index contributed by atoms with van der Waals surface area (Å²) in [6.45, 7) is 0. The van der Waals surface area contributed by atoms with Gasteiger partial charge in [-0.2, -0.15) is 5.26 Å². The molecule has 3 aromatic carbocycles. The summed E-state index contributed by atoms with van der Waals surface area (Å²) in [7, 11) is 4.71. The zero-order chi connectivity index (χ0) is 25.4. The Morgan fingerprint density at radius 2 is 1.72 bits per heavy atom. The third-order valence-corrected chi connectivity index (χ3v) is 6.21. The van der Waals surface area contributed by atoms with Crippen LogP contribution in [0.5, 0.6) is 23.0 Å². The van der Waals surface area contributed by atoms with Gasteiger partial charge in [0, 0.05) is 5.56 Å². The molecular weight excluding hydrogens is 460 g/mol. The van der Waals surface area contributed by atoms with E-state index in [-0.39, 0.29) is 22.8 Å². The average molecular weight is 482 g/mol. The molecule has 1 atom stereocenters. The van der Waals surface area contributed by atoms with Gasteiger partial charge in [0.25, 0.3) is 0 Å². The highest BCUT2D eigenvalue weighted by Crippen LogP contribution is 2.45. The van der Waals surface area contributed by atoms with Crippen molar-refractivity contribution in [2.24, 2.45) is 5.73 Å². The highest BCUT2D eigenvalue weighted by molar-refractivity contribution is 5.87. The van der Waals surface area contributed by atoms with Crippen LogP contribution in [0.2, 0.25) is 0 Å². The fourth-order valence-electron chi connectivity index (χ4n) is 4.48. The Labute approximate surface area is 206 Å². The quantitative estimate of drug-likeness (QED) is 0.407. The monoisotopic (exact) mass is 482 g/mol. The number of allylic oxidation sites excluding steroid dienone is 1. The first-order valence-electron chi connectivity index (χ1n) is 11.0. The second kappa shape index (κ2) is 9.04. The number of nitrogens with zero attached hydrogens (tertiary/aromatic N) is 1. The largest absolute Gasteiger partial charge is 0.497 e. The SMILES string of the molecule is COc1cccc(-c2cc(C3C(C#N)=C(N)Oc4c3c(=O)oc3ccc(OC)cc43)ccc2OC)c1. The molecule has 8 heteroatoms. The number of rotatable bonds is 5. The van der Waals surface area contributed by atoms with Gasteiger partial charge in [-0.1, -0.05) is 18.2 Å². The van der Waals surface area contributed by atoms with E-state index in [1.165, 1.54) is 7.11 Å². The number of fused-ring (bicyclic) bond motifs is 3. The lowest BCUT2D eigenvalue weighted by molar-refractivity contribution is 0.386. The molecule has 0 radical (unpaired) electrons. The van der Waals surface area contributed by atoms with Crippen LogP contribution in [-0.2, 0) is 0 Å². The maximum atomic E-state index is 13.3. The molecule has 1 aliphatic rings. The zero-order valence-corrected chi connectivity index (χ0v) is 19.8. The molecule has 180 valence electrons. The van der Waals surface area contributed by atoms with E-state index in [0.717, 1.165) is 11.1 Å². The van der Waals surface area contributed by atoms with Crippen molar-refractivity contribution in [3.8, 4) is 40.2 Å². The molecule has 8 nitrogen and oxygen atoms in total. The van der Waals surface area contributed by atoms with E-state index in [9.17, 15) is 10.1 Å². The standard InChI is InChI=1S/C28H22N2O6/c1-32-17-6-4-5-15(11-17)19-12-16(7-9-22(19)34-3)24-21(14-29)27(30)36-26-20-13-18(33-2)8-10-23(20)35-28(31)25(24)26/h4-13,24H,30H2,1-3H3. The Kier molecular flexibility index (Phi) is 5.74. The van der Waals surface area contributed by atoms with Crippen LogP contribution in [0.25, 0.3) is 22.1 Å². The van der Waals surface area contributed by atoms with E-state index >= 15 is 0 Å². The van der Waals surface area contributed by atoms with Crippen molar-refractivity contribution >= 4 is 11.0 Å². The molecule has 4 aromatic rings. The van der Waals surface area contributed by atoms with Crippen molar-refractivity contribution in [2.45, 2.75) is 5.92 Å². The van der Waals surface area contributed by atoms with Gasteiger partial charge in [-0.05, 0) is 53.6 Å². The summed E-state index contributed by atoms with van der Waals surface area (Å²) >= 11 is 0. The molecule has 1 unspecified atom stereocenters. The normalized spacial score (nSPS) is 14.6. The number of ether oxygens (including phenoxy) is 4. The number of nitrogens with two attached hydrogens (primary N) is 1. The second-order valence-corrected chi connectivity index (χ2v) is 8.11. The van der Waals surface area contributed by atoms with Crippen LogP contribution < -0.4 is 30.3 Å². The molecule has 0 aliphatic carbocycles. The highest BCUT2D eigenvalue weighted by atomic mass is 16.5. The number of nitriles is 1. The minimum absolute atomic E-state index is 0.0801. The van der Waals surface area contributed by atoms with E-state index in [0.29, 0.717) is 33.8 Å². The Morgan fingerprint density at radius 3 is 2.44 bits per heavy atom. The fraction of sp³-hybridized carbons (Fsp3) is 0.143. The molecule has 0 spiro atoms. The molecule has 0 amide bonds. The van der Waals surface area contributed by atoms with Gasteiger partial charge < -0.3 is 29.1 Å². The van der Waals surface area contributed by atoms with Gasteiger partial charge in [-0.15, -0.1) is 0 Å². The highest BCUT2D eigenvalue weighted by Gasteiger charge is 2.36. The number of hydrogen-bond acceptors (Lipinski definition) is 8. The molecule has 2 N–H and O–H groups in total. The second-order valence-electron chi connectivity index (χ2n) is 8.11. The van der Waals surface area contributed by atoms with Gasteiger partial charge in [-0.3, -0.25) is 0 Å². The molecule has 1 aliphatic heterocycles. The predicted molar refractivity (Wildman–Crippen MR) is 133 cm³/mol. The summed E-state index contributed by atoms with van der Waals surface area (Å²) in [5, 5.41) is 10.5. The molecule has 0 bridgehead atoms. The molecule has 0 saturated heterocycles. The van der Waals surface area contributed by atoms with E-state index in [1.54, 1.807) is 44.6 Å². The van der Waals surface area contributed by atoms with Crippen molar-refractivity contribution in [3.63, 3.8) is 0 Å². The van der Waals surface area contributed by atoms with Crippen LogP contribution in [0, 0.1) is 11.3 Å². The summed E-state index contributed by atoms with van der Waals surface area (Å²) in [6.07, 6.45) is 0. The molecule has 36 heavy (non-hydrogen) atoms. The lowest BCUT2D eigenvalue weighted by Crippen LogP contribution is -2.26. The first-order chi connectivity index (χ1) is 17.5. The van der Waals surface area contributed by atoms with Crippen LogP contribution >= 0.6 is 0 Å². The molecular formula is C28H22N2O6. The summed E-state index contributed by atoms with van der Waals surface area (Å²) in [5.41, 5.74) is 8.45. The average Bonchev–Trinajstić information content (AvgIpc) is 2.91. The van der Waals surface area contributed by atoms with Gasteiger partial charge >= 0.3 is 5.63 Å². The lowest BCUT2D eigenvalue weighted by Gasteiger charge is -2.26. The third-order valence-electron chi connectivity index (χ3n) is 6.21. The summed E-state index contributed by atoms with van der Waals surface area (Å²) in [6, 6.07) is 20.1. The smallest absolute Gasteiger partial charge is 0.344 e. The lowest BCUT2D eigenvalue weighted by atomic mass is 9.82. The number of hydrogen-bond donors (Lipinski definition) is 1. The van der Waals surface area contributed by atoms with Crippen molar-refractivity contribution in [2.75, 3.05) is 21.3 Å². The van der Waals surface area contributed by atoms with Gasteiger partial charge in [0.1, 0.15) is 34.5 Å². The van der Waals surface area contributed by atoms with Crippen LogP contribution in [0.15, 0.2) is 81.3 Å². The molecule has 0 saturated carbocycles. The summed E-state index contributed by atoms with van der Waals surface area (Å²) < 4.78 is 27.8. The molecule has 1 aromatic heterocycles. The number of methoxy groups -OCH3 is 3. The maximum absolute atomic E-state index is 13.3. The van der Waals surface area contributed by atoms with Crippen molar-refractivity contribution in [1.29, 1.82) is 5.26 Å². The first kappa shape index (κ1) is 22.9. The Morgan fingerprint density at radius 1 is 0.944 bits per heavy atom. The number of benzene rings is 3. The molecule has 5 rings (SSSR count). The van der Waals surface area contributed by atoms with E-state index in [4.69, 9.17) is 29.1 Å². The van der Waals surface area contributed by atoms with Gasteiger partial charge in [0.05, 0.1) is 38.2 Å². The van der Waals surface area contributed by atoms with Crippen molar-refractivity contribution < 1.29 is 23.4 Å². The van der Waals surface area contributed by atoms with E-state index < -0.39 is 11.5 Å². The zero-order valence-electron chi connectivity index (χ0n) is 19.8. The Hall–Kier alpha value is -4.90. The Balaban J connectivity index is 1.78. The van der Waals surface area contributed by atoms with Gasteiger partial charge in [-0.25, -0.2) is 4.79 Å². The van der Waals surface area contributed by atoms with Gasteiger partial charge in [0.15, 0.2) is 5.75 Å². The maximum Gasteiger partial charge on any atom is 0.344 e. The fourth-order valence-corrected chi connectivity index (χ4v) is 4.48. The van der Waals surface area contributed by atoms with Crippen LogP contribution in [-0.4, -0.2) is 21.3 Å². The van der Waals surface area contributed by atoms with Gasteiger partial charge in [0.2, 0.25) is 5.88 Å². The van der Waals surface area contributed by atoms with Crippen molar-refractivity contribution in [3.05, 3.63) is 93.7 Å². The molecule has 0 fully saturated rings.